The van der Waals surface area contributed by atoms with Crippen LogP contribution in [0.1, 0.15) is 40.4 Å². The Morgan fingerprint density at radius 2 is 1.94 bits per heavy atom. The lowest BCUT2D eigenvalue weighted by atomic mass is 10.1. The largest absolute Gasteiger partial charge is 0.459 e. The predicted molar refractivity (Wildman–Crippen MR) is 118 cm³/mol. The van der Waals surface area contributed by atoms with Crippen LogP contribution in [-0.4, -0.2) is 46.2 Å². The van der Waals surface area contributed by atoms with Gasteiger partial charge in [-0.05, 0) is 23.6 Å². The molecule has 1 aromatic carbocycles. The second-order valence-electron chi connectivity index (χ2n) is 7.35. The van der Waals surface area contributed by atoms with Gasteiger partial charge in [0.25, 0.3) is 0 Å². The lowest BCUT2D eigenvalue weighted by Gasteiger charge is -2.26. The fourth-order valence-electron chi connectivity index (χ4n) is 3.36. The highest BCUT2D eigenvalue weighted by molar-refractivity contribution is 7.09. The molecule has 1 aliphatic rings. The number of nitrogens with zero attached hydrogens (tertiary/aromatic N) is 5. The maximum atomic E-state index is 9.66. The van der Waals surface area contributed by atoms with Gasteiger partial charge in [-0.15, -0.1) is 11.3 Å². The molecule has 0 radical (unpaired) electrons. The summed E-state index contributed by atoms with van der Waals surface area (Å²) < 4.78 is 11.2. The van der Waals surface area contributed by atoms with E-state index in [0.29, 0.717) is 12.3 Å². The number of aryl methyl sites for hydroxylation is 1. The molecule has 2 aromatic heterocycles. The molecule has 1 atom stereocenters. The fourth-order valence-corrected chi connectivity index (χ4v) is 4.31. The van der Waals surface area contributed by atoms with Gasteiger partial charge in [-0.3, -0.25) is 4.90 Å². The molecular formula is C23H25N5O2S. The van der Waals surface area contributed by atoms with Gasteiger partial charge < -0.3 is 9.47 Å². The minimum atomic E-state index is -0.518. The van der Waals surface area contributed by atoms with E-state index in [0.717, 1.165) is 55.5 Å². The molecule has 4 rings (SSSR count). The van der Waals surface area contributed by atoms with Crippen molar-refractivity contribution >= 4 is 11.3 Å². The number of morpholine rings is 1. The van der Waals surface area contributed by atoms with Crippen molar-refractivity contribution in [3.8, 4) is 12.1 Å². The van der Waals surface area contributed by atoms with E-state index in [1.54, 1.807) is 12.3 Å². The highest BCUT2D eigenvalue weighted by atomic mass is 32.1. The van der Waals surface area contributed by atoms with E-state index in [1.165, 1.54) is 16.9 Å². The summed E-state index contributed by atoms with van der Waals surface area (Å²) in [6, 6.07) is 12.7. The van der Waals surface area contributed by atoms with Gasteiger partial charge in [0.05, 0.1) is 30.7 Å². The van der Waals surface area contributed by atoms with Gasteiger partial charge in [-0.2, -0.15) is 10.2 Å². The average Bonchev–Trinajstić information content (AvgIpc) is 3.29. The smallest absolute Gasteiger partial charge is 0.316 e. The van der Waals surface area contributed by atoms with Crippen LogP contribution in [-0.2, 0) is 24.3 Å². The Morgan fingerprint density at radius 3 is 2.65 bits per heavy atom. The van der Waals surface area contributed by atoms with Crippen LogP contribution in [0.15, 0.2) is 41.9 Å². The minimum Gasteiger partial charge on any atom is -0.459 e. The first-order chi connectivity index (χ1) is 15.2. The quantitative estimate of drug-likeness (QED) is 0.535. The van der Waals surface area contributed by atoms with Crippen LogP contribution in [0.3, 0.4) is 0 Å². The summed E-state index contributed by atoms with van der Waals surface area (Å²) in [6.07, 6.45) is 2.47. The lowest BCUT2D eigenvalue weighted by Crippen LogP contribution is -2.35. The van der Waals surface area contributed by atoms with E-state index in [2.05, 4.69) is 50.2 Å². The van der Waals surface area contributed by atoms with Gasteiger partial charge in [-0.25, -0.2) is 9.97 Å². The van der Waals surface area contributed by atoms with Crippen molar-refractivity contribution in [1.29, 1.82) is 5.26 Å². The number of ether oxygens (including phenoxy) is 2. The second-order valence-corrected chi connectivity index (χ2v) is 8.24. The second kappa shape index (κ2) is 10.4. The number of benzene rings is 1. The van der Waals surface area contributed by atoms with Crippen LogP contribution in [0.4, 0.5) is 0 Å². The van der Waals surface area contributed by atoms with Crippen molar-refractivity contribution < 1.29 is 9.47 Å². The molecule has 0 amide bonds. The molecular weight excluding hydrogens is 410 g/mol. The standard InChI is InChI=1S/C23H25N5O2S/c1-2-19-16-31-22(26-19)20(13-24)21-7-8-25-23(27-21)30-15-18-5-3-17(4-6-18)14-28-9-11-29-12-10-28/h3-8,16,20H,2,9-12,14-15H2,1H3. The number of rotatable bonds is 8. The number of aromatic nitrogens is 3. The van der Waals surface area contributed by atoms with E-state index >= 15 is 0 Å². The molecule has 1 fully saturated rings. The van der Waals surface area contributed by atoms with E-state index in [4.69, 9.17) is 9.47 Å². The molecule has 160 valence electrons. The summed E-state index contributed by atoms with van der Waals surface area (Å²) in [5, 5.41) is 12.4. The van der Waals surface area contributed by atoms with Crippen molar-refractivity contribution in [2.75, 3.05) is 26.3 Å². The molecule has 3 aromatic rings. The highest BCUT2D eigenvalue weighted by Crippen LogP contribution is 2.26. The number of hydrogen-bond donors (Lipinski definition) is 0. The molecule has 31 heavy (non-hydrogen) atoms. The van der Waals surface area contributed by atoms with E-state index in [-0.39, 0.29) is 6.01 Å². The van der Waals surface area contributed by atoms with Crippen molar-refractivity contribution in [3.63, 3.8) is 0 Å². The molecule has 1 unspecified atom stereocenters. The van der Waals surface area contributed by atoms with Gasteiger partial charge >= 0.3 is 6.01 Å². The molecule has 0 spiro atoms. The van der Waals surface area contributed by atoms with Crippen molar-refractivity contribution in [3.05, 3.63) is 69.4 Å². The zero-order valence-corrected chi connectivity index (χ0v) is 18.3. The average molecular weight is 436 g/mol. The normalized spacial score (nSPS) is 15.4. The zero-order valence-electron chi connectivity index (χ0n) is 17.5. The lowest BCUT2D eigenvalue weighted by molar-refractivity contribution is 0.0342. The Balaban J connectivity index is 1.37. The number of hydrogen-bond acceptors (Lipinski definition) is 8. The van der Waals surface area contributed by atoms with Crippen molar-refractivity contribution in [2.24, 2.45) is 0 Å². The molecule has 8 heteroatoms. The molecule has 1 saturated heterocycles. The first-order valence-corrected chi connectivity index (χ1v) is 11.3. The van der Waals surface area contributed by atoms with Gasteiger partial charge in [-0.1, -0.05) is 31.2 Å². The first kappa shape index (κ1) is 21.4. The summed E-state index contributed by atoms with van der Waals surface area (Å²) >= 11 is 1.49. The maximum Gasteiger partial charge on any atom is 0.316 e. The van der Waals surface area contributed by atoms with Crippen molar-refractivity contribution in [1.82, 2.24) is 19.9 Å². The molecule has 0 saturated carbocycles. The summed E-state index contributed by atoms with van der Waals surface area (Å²) in [5.74, 6) is -0.518. The third-order valence-corrected chi connectivity index (χ3v) is 6.12. The van der Waals surface area contributed by atoms with Crippen LogP contribution in [0.5, 0.6) is 6.01 Å². The van der Waals surface area contributed by atoms with Gasteiger partial charge in [0.1, 0.15) is 17.5 Å². The molecule has 0 bridgehead atoms. The van der Waals surface area contributed by atoms with Crippen LogP contribution in [0.25, 0.3) is 0 Å². The Labute approximate surface area is 186 Å². The summed E-state index contributed by atoms with van der Waals surface area (Å²) in [6.45, 7) is 6.91. The molecule has 0 N–H and O–H groups in total. The number of nitriles is 1. The van der Waals surface area contributed by atoms with Crippen LogP contribution in [0, 0.1) is 11.3 Å². The highest BCUT2D eigenvalue weighted by Gasteiger charge is 2.20. The van der Waals surface area contributed by atoms with Crippen LogP contribution < -0.4 is 4.74 Å². The van der Waals surface area contributed by atoms with Crippen molar-refractivity contribution in [2.45, 2.75) is 32.4 Å². The molecule has 0 aliphatic carbocycles. The van der Waals surface area contributed by atoms with Gasteiger partial charge in [0.15, 0.2) is 0 Å². The first-order valence-electron chi connectivity index (χ1n) is 10.4. The zero-order chi connectivity index (χ0) is 21.5. The number of thiazole rings is 1. The Kier molecular flexibility index (Phi) is 7.20. The summed E-state index contributed by atoms with van der Waals surface area (Å²) in [7, 11) is 0. The van der Waals surface area contributed by atoms with Gasteiger partial charge in [0.2, 0.25) is 0 Å². The third-order valence-electron chi connectivity index (χ3n) is 5.16. The Bertz CT molecular complexity index is 1020. The predicted octanol–water partition coefficient (Wildman–Crippen LogP) is 3.56. The van der Waals surface area contributed by atoms with E-state index < -0.39 is 5.92 Å². The monoisotopic (exact) mass is 435 g/mol. The fraction of sp³-hybridized carbons (Fsp3) is 0.391. The van der Waals surface area contributed by atoms with E-state index in [1.807, 2.05) is 12.3 Å². The third kappa shape index (κ3) is 5.64. The Hall–Kier alpha value is -2.86. The Morgan fingerprint density at radius 1 is 1.16 bits per heavy atom. The SMILES string of the molecule is CCc1csc(C(C#N)c2ccnc(OCc3ccc(CN4CCOCC4)cc3)n2)n1. The van der Waals surface area contributed by atoms with Crippen LogP contribution in [0.2, 0.25) is 0 Å². The van der Waals surface area contributed by atoms with Gasteiger partial charge in [0, 0.05) is 31.2 Å². The molecule has 7 nitrogen and oxygen atoms in total. The molecule has 3 heterocycles. The summed E-state index contributed by atoms with van der Waals surface area (Å²) in [4.78, 5) is 15.6. The maximum absolute atomic E-state index is 9.66. The topological polar surface area (TPSA) is 84.2 Å². The summed E-state index contributed by atoms with van der Waals surface area (Å²) in [5.41, 5.74) is 3.91. The van der Waals surface area contributed by atoms with E-state index in [9.17, 15) is 5.26 Å². The molecule has 1 aliphatic heterocycles. The minimum absolute atomic E-state index is 0.266. The van der Waals surface area contributed by atoms with Crippen LogP contribution >= 0.6 is 11.3 Å².